The van der Waals surface area contributed by atoms with Gasteiger partial charge < -0.3 is 14.6 Å². The number of aryl methyl sites for hydroxylation is 1. The number of likely N-dealkylation sites (tertiary alicyclic amines) is 1. The molecular formula is C27H29ClF2N2O4. The van der Waals surface area contributed by atoms with Crippen molar-refractivity contribution in [3.8, 4) is 11.5 Å². The van der Waals surface area contributed by atoms with E-state index in [9.17, 15) is 18.7 Å². The number of benzene rings is 2. The smallest absolute Gasteiger partial charge is 0.309 e. The lowest BCUT2D eigenvalue weighted by molar-refractivity contribution is -0.152. The van der Waals surface area contributed by atoms with Crippen LogP contribution in [-0.4, -0.2) is 54.3 Å². The number of ether oxygens (including phenoxy) is 2. The van der Waals surface area contributed by atoms with Crippen molar-refractivity contribution in [2.24, 2.45) is 5.41 Å². The molecule has 0 aliphatic carbocycles. The lowest BCUT2D eigenvalue weighted by Crippen LogP contribution is -2.45. The lowest BCUT2D eigenvalue weighted by Gasteiger charge is -2.39. The van der Waals surface area contributed by atoms with E-state index in [2.05, 4.69) is 9.88 Å². The van der Waals surface area contributed by atoms with Crippen LogP contribution in [0.15, 0.2) is 42.6 Å². The van der Waals surface area contributed by atoms with Gasteiger partial charge in [0.05, 0.1) is 23.1 Å². The molecule has 1 saturated heterocycles. The Labute approximate surface area is 213 Å². The van der Waals surface area contributed by atoms with Gasteiger partial charge in [-0.2, -0.15) is 0 Å². The minimum absolute atomic E-state index is 0.119. The molecule has 192 valence electrons. The average Bonchev–Trinajstić information content (AvgIpc) is 2.88. The molecule has 9 heteroatoms. The maximum atomic E-state index is 13.7. The first-order valence-corrected chi connectivity index (χ1v) is 12.3. The number of carboxylic acids is 1. The second kappa shape index (κ2) is 11.4. The Hall–Kier alpha value is -2.97. The summed E-state index contributed by atoms with van der Waals surface area (Å²) in [5.41, 5.74) is 0.955. The number of carbonyl (C=O) groups is 1. The van der Waals surface area contributed by atoms with E-state index in [1.54, 1.807) is 13.3 Å². The Morgan fingerprint density at radius 3 is 2.69 bits per heavy atom. The van der Waals surface area contributed by atoms with Crippen molar-refractivity contribution >= 4 is 28.5 Å². The molecule has 6 nitrogen and oxygen atoms in total. The highest BCUT2D eigenvalue weighted by Crippen LogP contribution is 2.38. The highest BCUT2D eigenvalue weighted by atomic mass is 35.5. The number of carboxylic acid groups (broad SMARTS) is 1. The van der Waals surface area contributed by atoms with Crippen LogP contribution >= 0.6 is 11.6 Å². The van der Waals surface area contributed by atoms with Gasteiger partial charge in [-0.05, 0) is 81.1 Å². The van der Waals surface area contributed by atoms with E-state index < -0.39 is 23.0 Å². The first kappa shape index (κ1) is 26.1. The van der Waals surface area contributed by atoms with Gasteiger partial charge in [-0.3, -0.25) is 14.7 Å². The minimum atomic E-state index is -0.807. The van der Waals surface area contributed by atoms with Crippen LogP contribution in [0, 0.1) is 17.0 Å². The number of rotatable bonds is 10. The fraction of sp³-hybridized carbons (Fsp3) is 0.407. The van der Waals surface area contributed by atoms with Gasteiger partial charge >= 0.3 is 5.97 Å². The quantitative estimate of drug-likeness (QED) is 0.369. The van der Waals surface area contributed by atoms with E-state index in [-0.39, 0.29) is 12.4 Å². The molecule has 0 radical (unpaired) electrons. The van der Waals surface area contributed by atoms with Gasteiger partial charge in [0.25, 0.3) is 0 Å². The molecule has 2 aromatic carbocycles. The van der Waals surface area contributed by atoms with E-state index in [0.717, 1.165) is 34.7 Å². The highest BCUT2D eigenvalue weighted by molar-refractivity contribution is 6.32. The second-order valence-electron chi connectivity index (χ2n) is 9.17. The van der Waals surface area contributed by atoms with Crippen LogP contribution in [-0.2, 0) is 11.2 Å². The second-order valence-corrected chi connectivity index (χ2v) is 9.58. The molecule has 0 bridgehead atoms. The number of hydrogen-bond acceptors (Lipinski definition) is 5. The topological polar surface area (TPSA) is 71.9 Å². The Morgan fingerprint density at radius 2 is 1.97 bits per heavy atom. The van der Waals surface area contributed by atoms with Crippen LogP contribution in [0.3, 0.4) is 0 Å². The van der Waals surface area contributed by atoms with E-state index in [4.69, 9.17) is 21.1 Å². The molecule has 0 unspecified atom stereocenters. The third-order valence-corrected chi connectivity index (χ3v) is 7.37. The van der Waals surface area contributed by atoms with E-state index in [1.807, 2.05) is 18.2 Å². The van der Waals surface area contributed by atoms with Crippen molar-refractivity contribution in [2.45, 2.75) is 32.1 Å². The van der Waals surface area contributed by atoms with Crippen molar-refractivity contribution in [3.63, 3.8) is 0 Å². The zero-order valence-corrected chi connectivity index (χ0v) is 20.9. The largest absolute Gasteiger partial charge is 0.497 e. The lowest BCUT2D eigenvalue weighted by atomic mass is 9.74. The maximum Gasteiger partial charge on any atom is 0.309 e. The molecule has 1 aliphatic rings. The van der Waals surface area contributed by atoms with Crippen molar-refractivity contribution in [2.75, 3.05) is 33.4 Å². The van der Waals surface area contributed by atoms with Crippen LogP contribution < -0.4 is 9.47 Å². The third-order valence-electron chi connectivity index (χ3n) is 7.04. The number of methoxy groups -OCH3 is 1. The Balaban J connectivity index is 1.33. The third kappa shape index (κ3) is 5.87. The molecule has 36 heavy (non-hydrogen) atoms. The summed E-state index contributed by atoms with van der Waals surface area (Å²) < 4.78 is 37.8. The van der Waals surface area contributed by atoms with Gasteiger partial charge in [0.2, 0.25) is 0 Å². The van der Waals surface area contributed by atoms with Crippen molar-refractivity contribution < 1.29 is 28.2 Å². The van der Waals surface area contributed by atoms with Gasteiger partial charge in [0, 0.05) is 24.2 Å². The number of aliphatic carboxylic acids is 1. The summed E-state index contributed by atoms with van der Waals surface area (Å²) in [6, 6.07) is 8.74. The number of hydrogen-bond donors (Lipinski definition) is 1. The molecule has 1 aromatic heterocycles. The van der Waals surface area contributed by atoms with Gasteiger partial charge in [0.1, 0.15) is 18.2 Å². The molecule has 4 rings (SSSR count). The number of halogens is 3. The predicted octanol–water partition coefficient (Wildman–Crippen LogP) is 5.74. The molecule has 1 N–H and O–H groups in total. The summed E-state index contributed by atoms with van der Waals surface area (Å²) in [5, 5.41) is 11.5. The molecule has 2 heterocycles. The highest BCUT2D eigenvalue weighted by Gasteiger charge is 2.40. The Bertz CT molecular complexity index is 1230. The first-order chi connectivity index (χ1) is 17.3. The summed E-state index contributed by atoms with van der Waals surface area (Å²) in [5.74, 6) is -1.36. The van der Waals surface area contributed by atoms with Crippen LogP contribution in [0.4, 0.5) is 8.78 Å². The van der Waals surface area contributed by atoms with Gasteiger partial charge in [-0.25, -0.2) is 8.78 Å². The molecule has 0 saturated carbocycles. The van der Waals surface area contributed by atoms with E-state index in [1.165, 1.54) is 0 Å². The molecular weight excluding hydrogens is 490 g/mol. The van der Waals surface area contributed by atoms with Crippen molar-refractivity contribution in [1.29, 1.82) is 0 Å². The zero-order valence-electron chi connectivity index (χ0n) is 20.1. The summed E-state index contributed by atoms with van der Waals surface area (Å²) in [7, 11) is 1.60. The SMILES string of the molecule is COc1ccc2ncc(Cl)c(CCCC3(C(=O)O)CCN(CCOc4cc(F)ccc4F)CC3)c2c1. The summed E-state index contributed by atoms with van der Waals surface area (Å²) in [6.45, 7) is 1.89. The number of pyridine rings is 1. The Morgan fingerprint density at radius 1 is 1.19 bits per heavy atom. The molecule has 0 amide bonds. The normalized spacial score (nSPS) is 15.7. The van der Waals surface area contributed by atoms with Gasteiger partial charge in [-0.15, -0.1) is 0 Å². The number of nitrogens with zero attached hydrogens (tertiary/aromatic N) is 2. The van der Waals surface area contributed by atoms with Gasteiger partial charge in [-0.1, -0.05) is 11.6 Å². The van der Waals surface area contributed by atoms with Crippen LogP contribution in [0.1, 0.15) is 31.2 Å². The van der Waals surface area contributed by atoms with E-state index in [0.29, 0.717) is 62.5 Å². The van der Waals surface area contributed by atoms with Crippen LogP contribution in [0.5, 0.6) is 11.5 Å². The number of aromatic nitrogens is 1. The summed E-state index contributed by atoms with van der Waals surface area (Å²) >= 11 is 6.47. The molecule has 1 fully saturated rings. The van der Waals surface area contributed by atoms with Crippen molar-refractivity contribution in [1.82, 2.24) is 9.88 Å². The molecule has 0 spiro atoms. The first-order valence-electron chi connectivity index (χ1n) is 12.0. The molecule has 1 aliphatic heterocycles. The van der Waals surface area contributed by atoms with Gasteiger partial charge in [0.15, 0.2) is 11.6 Å². The minimum Gasteiger partial charge on any atom is -0.497 e. The zero-order chi connectivity index (χ0) is 25.7. The standard InChI is InChI=1S/C27H29ClF2N2O4/c1-35-19-5-7-24-21(16-19)20(22(28)17-31-24)3-2-8-27(26(33)34)9-11-32(12-10-27)13-14-36-25-15-18(29)4-6-23(25)30/h4-7,15-17H,2-3,8-14H2,1H3,(H,33,34). The average molecular weight is 519 g/mol. The predicted molar refractivity (Wildman–Crippen MR) is 134 cm³/mol. The van der Waals surface area contributed by atoms with Crippen molar-refractivity contribution in [3.05, 3.63) is 64.8 Å². The number of fused-ring (bicyclic) bond motifs is 1. The maximum absolute atomic E-state index is 13.7. The Kier molecular flexibility index (Phi) is 8.26. The van der Waals surface area contributed by atoms with E-state index >= 15 is 0 Å². The summed E-state index contributed by atoms with van der Waals surface area (Å²) in [6.07, 6.45) is 4.49. The van der Waals surface area contributed by atoms with Crippen LogP contribution in [0.25, 0.3) is 10.9 Å². The molecule has 3 aromatic rings. The monoisotopic (exact) mass is 518 g/mol. The molecule has 0 atom stereocenters. The fourth-order valence-electron chi connectivity index (χ4n) is 4.83. The van der Waals surface area contributed by atoms with Crippen LogP contribution in [0.2, 0.25) is 5.02 Å². The number of piperidine rings is 1. The summed E-state index contributed by atoms with van der Waals surface area (Å²) in [4.78, 5) is 18.8. The fourth-order valence-corrected chi connectivity index (χ4v) is 5.08.